The summed E-state index contributed by atoms with van der Waals surface area (Å²) in [5.74, 6) is 1.19. The molecule has 0 atom stereocenters. The number of benzene rings is 2. The Labute approximate surface area is 188 Å². The third-order valence-electron chi connectivity index (χ3n) is 5.17. The van der Waals surface area contributed by atoms with E-state index in [0.717, 1.165) is 30.5 Å². The molecule has 0 spiro atoms. The van der Waals surface area contributed by atoms with Crippen LogP contribution in [0.1, 0.15) is 30.9 Å². The van der Waals surface area contributed by atoms with Gasteiger partial charge in [-0.1, -0.05) is 30.3 Å². The zero-order chi connectivity index (χ0) is 20.0. The molecule has 0 saturated heterocycles. The number of nitrogens with one attached hydrogen (secondary N) is 2. The first-order valence-electron chi connectivity index (χ1n) is 9.71. The molecule has 0 amide bonds. The van der Waals surface area contributed by atoms with Crippen molar-refractivity contribution in [2.45, 2.75) is 31.6 Å². The first kappa shape index (κ1) is 23.3. The number of hydrogen-bond donors (Lipinski definition) is 3. The van der Waals surface area contributed by atoms with Crippen LogP contribution in [-0.2, 0) is 11.8 Å². The molecule has 2 aromatic carbocycles. The summed E-state index contributed by atoms with van der Waals surface area (Å²) < 4.78 is 19.3. The molecular formula is C22H29FIN3O2. The number of para-hydroxylation sites is 1. The number of phenolic OH excluding ortho intramolecular Hbond substituents is 1. The molecule has 1 fully saturated rings. The summed E-state index contributed by atoms with van der Waals surface area (Å²) >= 11 is 0. The third kappa shape index (κ3) is 5.74. The van der Waals surface area contributed by atoms with Crippen molar-refractivity contribution in [2.24, 2.45) is 4.99 Å². The van der Waals surface area contributed by atoms with Crippen molar-refractivity contribution in [1.29, 1.82) is 0 Å². The van der Waals surface area contributed by atoms with Crippen LogP contribution in [0.5, 0.6) is 11.5 Å². The molecule has 0 aliphatic heterocycles. The normalized spacial score (nSPS) is 14.7. The average molecular weight is 513 g/mol. The second-order valence-corrected chi connectivity index (χ2v) is 7.10. The number of hydrogen-bond acceptors (Lipinski definition) is 3. The summed E-state index contributed by atoms with van der Waals surface area (Å²) in [6.45, 7) is 3.91. The number of nitrogens with zero attached hydrogens (tertiary/aromatic N) is 1. The number of ether oxygens (including phenoxy) is 1. The molecule has 7 heteroatoms. The Balaban J connectivity index is 0.00000300. The molecule has 1 aliphatic rings. The smallest absolute Gasteiger partial charge is 0.191 e. The van der Waals surface area contributed by atoms with Crippen LogP contribution >= 0.6 is 24.0 Å². The Bertz CT molecular complexity index is 841. The van der Waals surface area contributed by atoms with Gasteiger partial charge in [-0.2, -0.15) is 0 Å². The molecule has 1 saturated carbocycles. The molecule has 3 N–H and O–H groups in total. The van der Waals surface area contributed by atoms with E-state index >= 15 is 0 Å². The van der Waals surface area contributed by atoms with E-state index in [1.165, 1.54) is 13.2 Å². The summed E-state index contributed by atoms with van der Waals surface area (Å²) in [5, 5.41) is 16.7. The van der Waals surface area contributed by atoms with Crippen LogP contribution in [-0.4, -0.2) is 37.8 Å². The molecule has 0 bridgehead atoms. The largest absolute Gasteiger partial charge is 0.504 e. The van der Waals surface area contributed by atoms with E-state index in [1.54, 1.807) is 12.1 Å². The van der Waals surface area contributed by atoms with Crippen LogP contribution in [0, 0.1) is 5.82 Å². The van der Waals surface area contributed by atoms with Crippen LogP contribution < -0.4 is 15.4 Å². The van der Waals surface area contributed by atoms with Gasteiger partial charge in [0.15, 0.2) is 17.5 Å². The van der Waals surface area contributed by atoms with Crippen LogP contribution in [0.3, 0.4) is 0 Å². The highest BCUT2D eigenvalue weighted by atomic mass is 127. The van der Waals surface area contributed by atoms with Crippen LogP contribution in [0.15, 0.2) is 47.5 Å². The Morgan fingerprint density at radius 3 is 2.59 bits per heavy atom. The molecule has 29 heavy (non-hydrogen) atoms. The maximum Gasteiger partial charge on any atom is 0.191 e. The third-order valence-corrected chi connectivity index (χ3v) is 5.17. The van der Waals surface area contributed by atoms with Gasteiger partial charge in [-0.15, -0.1) is 24.0 Å². The lowest BCUT2D eigenvalue weighted by Gasteiger charge is -2.17. The molecular weight excluding hydrogens is 484 g/mol. The molecule has 158 valence electrons. The fourth-order valence-electron chi connectivity index (χ4n) is 3.38. The molecule has 0 unspecified atom stereocenters. The fourth-order valence-corrected chi connectivity index (χ4v) is 3.38. The van der Waals surface area contributed by atoms with E-state index in [0.29, 0.717) is 31.2 Å². The highest BCUT2D eigenvalue weighted by Gasteiger charge is 2.45. The number of methoxy groups -OCH3 is 1. The van der Waals surface area contributed by atoms with Crippen molar-refractivity contribution in [2.75, 3.05) is 26.7 Å². The molecule has 0 radical (unpaired) electrons. The second-order valence-electron chi connectivity index (χ2n) is 7.10. The zero-order valence-corrected chi connectivity index (χ0v) is 19.2. The summed E-state index contributed by atoms with van der Waals surface area (Å²) in [6.07, 6.45) is 2.54. The summed E-state index contributed by atoms with van der Waals surface area (Å²) in [5.41, 5.74) is 1.39. The maximum atomic E-state index is 14.2. The van der Waals surface area contributed by atoms with Gasteiger partial charge >= 0.3 is 0 Å². The Hall–Kier alpha value is -2.03. The molecule has 2 aromatic rings. The Morgan fingerprint density at radius 1 is 1.17 bits per heavy atom. The topological polar surface area (TPSA) is 65.9 Å². The van der Waals surface area contributed by atoms with E-state index in [2.05, 4.69) is 10.6 Å². The van der Waals surface area contributed by atoms with Crippen molar-refractivity contribution in [1.82, 2.24) is 10.6 Å². The highest BCUT2D eigenvalue weighted by Crippen LogP contribution is 2.49. The number of aromatic hydroxyl groups is 1. The van der Waals surface area contributed by atoms with Gasteiger partial charge in [-0.25, -0.2) is 4.39 Å². The van der Waals surface area contributed by atoms with Crippen molar-refractivity contribution in [3.63, 3.8) is 0 Å². The quantitative estimate of drug-likeness (QED) is 0.284. The number of phenols is 1. The van der Waals surface area contributed by atoms with Crippen LogP contribution in [0.25, 0.3) is 0 Å². The minimum Gasteiger partial charge on any atom is -0.504 e. The predicted octanol–water partition coefficient (Wildman–Crippen LogP) is 3.99. The average Bonchev–Trinajstić information content (AvgIpc) is 3.48. The predicted molar refractivity (Wildman–Crippen MR) is 125 cm³/mol. The monoisotopic (exact) mass is 513 g/mol. The number of rotatable bonds is 8. The molecule has 0 aromatic heterocycles. The molecule has 5 nitrogen and oxygen atoms in total. The van der Waals surface area contributed by atoms with Gasteiger partial charge in [-0.3, -0.25) is 4.99 Å². The van der Waals surface area contributed by atoms with E-state index in [4.69, 9.17) is 9.73 Å². The van der Waals surface area contributed by atoms with Gasteiger partial charge in [0.1, 0.15) is 5.82 Å². The number of aliphatic imine (C=N–C) groups is 1. The Morgan fingerprint density at radius 2 is 1.93 bits per heavy atom. The van der Waals surface area contributed by atoms with Gasteiger partial charge in [0, 0.05) is 18.5 Å². The van der Waals surface area contributed by atoms with Gasteiger partial charge in [0.2, 0.25) is 0 Å². The Kier molecular flexibility index (Phi) is 8.55. The summed E-state index contributed by atoms with van der Waals surface area (Å²) in [7, 11) is 1.54. The van der Waals surface area contributed by atoms with Gasteiger partial charge < -0.3 is 20.5 Å². The number of halogens is 2. The first-order valence-corrected chi connectivity index (χ1v) is 9.71. The summed E-state index contributed by atoms with van der Waals surface area (Å²) in [6, 6.07) is 12.5. The van der Waals surface area contributed by atoms with E-state index in [9.17, 15) is 9.50 Å². The van der Waals surface area contributed by atoms with Crippen molar-refractivity contribution >= 4 is 29.9 Å². The SMILES string of the molecule is CCNC(=NCC1(c2ccccc2F)CC1)NCCc1cccc(OC)c1O.I. The lowest BCUT2D eigenvalue weighted by molar-refractivity contribution is 0.370. The standard InChI is InChI=1S/C22H28FN3O2.HI/c1-3-24-21(25-14-11-16-7-6-10-19(28-2)20(16)27)26-15-22(12-13-22)17-8-4-5-9-18(17)23;/h4-10,27H,3,11-15H2,1-2H3,(H2,24,25,26);1H. The minimum absolute atomic E-state index is 0. The minimum atomic E-state index is -0.182. The summed E-state index contributed by atoms with van der Waals surface area (Å²) in [4.78, 5) is 4.69. The van der Waals surface area contributed by atoms with Crippen molar-refractivity contribution < 1.29 is 14.2 Å². The first-order chi connectivity index (χ1) is 13.6. The van der Waals surface area contributed by atoms with E-state index in [1.807, 2.05) is 31.2 Å². The fraction of sp³-hybridized carbons (Fsp3) is 0.409. The maximum absolute atomic E-state index is 14.2. The van der Waals surface area contributed by atoms with Crippen LogP contribution in [0.2, 0.25) is 0 Å². The zero-order valence-electron chi connectivity index (χ0n) is 16.9. The van der Waals surface area contributed by atoms with Gasteiger partial charge in [0.05, 0.1) is 13.7 Å². The lowest BCUT2D eigenvalue weighted by atomic mass is 9.95. The number of guanidine groups is 1. The van der Waals surface area contributed by atoms with E-state index in [-0.39, 0.29) is 41.0 Å². The highest BCUT2D eigenvalue weighted by molar-refractivity contribution is 14.0. The van der Waals surface area contributed by atoms with Crippen molar-refractivity contribution in [3.8, 4) is 11.5 Å². The van der Waals surface area contributed by atoms with E-state index < -0.39 is 0 Å². The lowest BCUT2D eigenvalue weighted by Crippen LogP contribution is -2.39. The molecule has 0 heterocycles. The molecule has 1 aliphatic carbocycles. The second kappa shape index (κ2) is 10.7. The van der Waals surface area contributed by atoms with Crippen molar-refractivity contribution in [3.05, 3.63) is 59.4 Å². The van der Waals surface area contributed by atoms with Crippen LogP contribution in [0.4, 0.5) is 4.39 Å². The molecule has 3 rings (SSSR count). The van der Waals surface area contributed by atoms with Gasteiger partial charge in [0.25, 0.3) is 0 Å². The van der Waals surface area contributed by atoms with Gasteiger partial charge in [-0.05, 0) is 49.4 Å².